The molecule has 2 saturated heterocycles. The van der Waals surface area contributed by atoms with Crippen molar-refractivity contribution in [3.8, 4) is 0 Å². The van der Waals surface area contributed by atoms with Crippen LogP contribution in [0.1, 0.15) is 19.8 Å². The van der Waals surface area contributed by atoms with E-state index < -0.39 is 0 Å². The van der Waals surface area contributed by atoms with Gasteiger partial charge in [0.15, 0.2) is 0 Å². The van der Waals surface area contributed by atoms with Gasteiger partial charge in [0.1, 0.15) is 6.04 Å². The Balaban J connectivity index is 0.00000128. The Morgan fingerprint density at radius 3 is 2.81 bits per heavy atom. The molecule has 92 valence electrons. The zero-order valence-electron chi connectivity index (χ0n) is 9.36. The minimum atomic E-state index is -0.275. The molecule has 2 aliphatic rings. The molecule has 2 N–H and O–H groups in total. The second-order valence-corrected chi connectivity index (χ2v) is 4.30. The molecule has 0 aromatic rings. The third kappa shape index (κ3) is 2.86. The minimum absolute atomic E-state index is 0. The Labute approximate surface area is 101 Å². The van der Waals surface area contributed by atoms with Gasteiger partial charge in [-0.25, -0.2) is 0 Å². The lowest BCUT2D eigenvalue weighted by Gasteiger charge is -2.33. The number of halogens is 1. The van der Waals surface area contributed by atoms with Gasteiger partial charge in [-0.05, 0) is 13.3 Å². The molecule has 0 saturated carbocycles. The quantitative estimate of drug-likeness (QED) is 0.657. The molecule has 0 radical (unpaired) electrons. The average Bonchev–Trinajstić information content (AvgIpc) is 2.64. The molecule has 16 heavy (non-hydrogen) atoms. The summed E-state index contributed by atoms with van der Waals surface area (Å²) >= 11 is 0. The highest BCUT2D eigenvalue weighted by molar-refractivity contribution is 5.90. The summed E-state index contributed by atoms with van der Waals surface area (Å²) < 4.78 is 0. The molecule has 2 heterocycles. The maximum Gasteiger partial charge on any atom is 0.245 e. The zero-order chi connectivity index (χ0) is 10.8. The van der Waals surface area contributed by atoms with Crippen LogP contribution in [0.5, 0.6) is 0 Å². The highest BCUT2D eigenvalue weighted by Gasteiger charge is 2.32. The van der Waals surface area contributed by atoms with Crippen molar-refractivity contribution in [2.75, 3.05) is 19.6 Å². The Kier molecular flexibility index (Phi) is 4.56. The summed E-state index contributed by atoms with van der Waals surface area (Å²) in [6.07, 6.45) is 1.13. The van der Waals surface area contributed by atoms with E-state index in [4.69, 9.17) is 0 Å². The zero-order valence-corrected chi connectivity index (χ0v) is 10.2. The van der Waals surface area contributed by atoms with E-state index in [1.54, 1.807) is 0 Å². The van der Waals surface area contributed by atoms with E-state index in [1.165, 1.54) is 0 Å². The first-order chi connectivity index (χ1) is 7.16. The van der Waals surface area contributed by atoms with Gasteiger partial charge in [0.2, 0.25) is 11.8 Å². The van der Waals surface area contributed by atoms with Crippen LogP contribution in [-0.4, -0.2) is 48.4 Å². The molecule has 0 aromatic heterocycles. The molecule has 2 atom stereocenters. The molecule has 5 nitrogen and oxygen atoms in total. The fraction of sp³-hybridized carbons (Fsp3) is 0.800. The molecule has 6 heteroatoms. The highest BCUT2D eigenvalue weighted by atomic mass is 35.5. The lowest BCUT2D eigenvalue weighted by molar-refractivity contribution is -0.135. The Hall–Kier alpha value is -0.810. The molecule has 0 bridgehead atoms. The second kappa shape index (κ2) is 5.50. The standard InChI is InChI=1S/C10H17N3O2.ClH/c1-7-6-13(5-4-11-7)10(15)8-2-3-9(14)12-8;/h7-8,11H,2-6H2,1H3,(H,12,14);1H/t7-,8-;/m1./s1. The van der Waals surface area contributed by atoms with E-state index in [-0.39, 0.29) is 30.3 Å². The first kappa shape index (κ1) is 13.3. The molecule has 2 fully saturated rings. The third-order valence-corrected chi connectivity index (χ3v) is 2.97. The number of hydrogen-bond donors (Lipinski definition) is 2. The molecule has 2 rings (SSSR count). The number of rotatable bonds is 1. The summed E-state index contributed by atoms with van der Waals surface area (Å²) in [6, 6.07) is 0.0719. The molecular weight excluding hydrogens is 230 g/mol. The predicted octanol–water partition coefficient (Wildman–Crippen LogP) is -0.493. The maximum absolute atomic E-state index is 12.0. The minimum Gasteiger partial charge on any atom is -0.344 e. The third-order valence-electron chi connectivity index (χ3n) is 2.97. The Morgan fingerprint density at radius 1 is 1.50 bits per heavy atom. The van der Waals surface area contributed by atoms with Crippen LogP contribution < -0.4 is 10.6 Å². The van der Waals surface area contributed by atoms with Gasteiger partial charge < -0.3 is 15.5 Å². The summed E-state index contributed by atoms with van der Waals surface area (Å²) in [6.45, 7) is 4.39. The van der Waals surface area contributed by atoms with E-state index >= 15 is 0 Å². The summed E-state index contributed by atoms with van der Waals surface area (Å²) in [7, 11) is 0. The van der Waals surface area contributed by atoms with Crippen LogP contribution in [0.3, 0.4) is 0 Å². The molecule has 2 amide bonds. The second-order valence-electron chi connectivity index (χ2n) is 4.30. The monoisotopic (exact) mass is 247 g/mol. The maximum atomic E-state index is 12.0. The SMILES string of the molecule is C[C@@H]1CN(C(=O)[C@H]2CCC(=O)N2)CCN1.Cl. The van der Waals surface area contributed by atoms with Crippen molar-refractivity contribution in [2.45, 2.75) is 31.8 Å². The van der Waals surface area contributed by atoms with Crippen molar-refractivity contribution in [2.24, 2.45) is 0 Å². The number of nitrogens with one attached hydrogen (secondary N) is 2. The van der Waals surface area contributed by atoms with Crippen molar-refractivity contribution in [3.05, 3.63) is 0 Å². The Bertz CT molecular complexity index is 285. The van der Waals surface area contributed by atoms with Crippen LogP contribution in [0.15, 0.2) is 0 Å². The molecule has 0 aliphatic carbocycles. The van der Waals surface area contributed by atoms with Gasteiger partial charge in [0.25, 0.3) is 0 Å². The van der Waals surface area contributed by atoms with Crippen molar-refractivity contribution in [1.29, 1.82) is 0 Å². The van der Waals surface area contributed by atoms with Gasteiger partial charge in [-0.2, -0.15) is 0 Å². The smallest absolute Gasteiger partial charge is 0.245 e. The number of carbonyl (C=O) groups excluding carboxylic acids is 2. The van der Waals surface area contributed by atoms with Crippen molar-refractivity contribution < 1.29 is 9.59 Å². The first-order valence-corrected chi connectivity index (χ1v) is 5.48. The van der Waals surface area contributed by atoms with Crippen LogP contribution in [0, 0.1) is 0 Å². The largest absolute Gasteiger partial charge is 0.344 e. The van der Waals surface area contributed by atoms with E-state index in [2.05, 4.69) is 17.6 Å². The van der Waals surface area contributed by atoms with Crippen LogP contribution in [0.25, 0.3) is 0 Å². The molecule has 2 aliphatic heterocycles. The average molecular weight is 248 g/mol. The van der Waals surface area contributed by atoms with Gasteiger partial charge in [0, 0.05) is 32.1 Å². The lowest BCUT2D eigenvalue weighted by atomic mass is 10.1. The number of nitrogens with zero attached hydrogens (tertiary/aromatic N) is 1. The van der Waals surface area contributed by atoms with Gasteiger partial charge in [0.05, 0.1) is 0 Å². The van der Waals surface area contributed by atoms with E-state index in [9.17, 15) is 9.59 Å². The fourth-order valence-corrected chi connectivity index (χ4v) is 2.15. The van der Waals surface area contributed by atoms with Gasteiger partial charge in [-0.3, -0.25) is 9.59 Å². The molecular formula is C10H18ClN3O2. The highest BCUT2D eigenvalue weighted by Crippen LogP contribution is 2.11. The number of hydrogen-bond acceptors (Lipinski definition) is 3. The van der Waals surface area contributed by atoms with Crippen molar-refractivity contribution in [1.82, 2.24) is 15.5 Å². The topological polar surface area (TPSA) is 61.4 Å². The van der Waals surface area contributed by atoms with Gasteiger partial charge in [-0.15, -0.1) is 12.4 Å². The fourth-order valence-electron chi connectivity index (χ4n) is 2.15. The van der Waals surface area contributed by atoms with E-state index in [0.29, 0.717) is 18.9 Å². The molecule has 0 spiro atoms. The lowest BCUT2D eigenvalue weighted by Crippen LogP contribution is -2.55. The summed E-state index contributed by atoms with van der Waals surface area (Å²) in [5.41, 5.74) is 0. The van der Waals surface area contributed by atoms with Gasteiger partial charge >= 0.3 is 0 Å². The van der Waals surface area contributed by atoms with Crippen molar-refractivity contribution in [3.63, 3.8) is 0 Å². The van der Waals surface area contributed by atoms with E-state index in [0.717, 1.165) is 19.6 Å². The molecule has 0 unspecified atom stereocenters. The predicted molar refractivity (Wildman–Crippen MR) is 62.5 cm³/mol. The van der Waals surface area contributed by atoms with Crippen molar-refractivity contribution >= 4 is 24.2 Å². The summed E-state index contributed by atoms with van der Waals surface area (Å²) in [4.78, 5) is 24.8. The van der Waals surface area contributed by atoms with Crippen LogP contribution >= 0.6 is 12.4 Å². The number of piperazine rings is 1. The van der Waals surface area contributed by atoms with Crippen LogP contribution in [0.4, 0.5) is 0 Å². The summed E-state index contributed by atoms with van der Waals surface area (Å²) in [5.74, 6) is 0.0748. The van der Waals surface area contributed by atoms with Crippen LogP contribution in [0.2, 0.25) is 0 Å². The van der Waals surface area contributed by atoms with Gasteiger partial charge in [-0.1, -0.05) is 0 Å². The number of amides is 2. The molecule has 0 aromatic carbocycles. The number of carbonyl (C=O) groups is 2. The normalized spacial score (nSPS) is 29.6. The Morgan fingerprint density at radius 2 is 2.25 bits per heavy atom. The van der Waals surface area contributed by atoms with E-state index in [1.807, 2.05) is 4.90 Å². The summed E-state index contributed by atoms with van der Waals surface area (Å²) in [5, 5.41) is 6.00. The van der Waals surface area contributed by atoms with Crippen LogP contribution in [-0.2, 0) is 9.59 Å². The first-order valence-electron chi connectivity index (χ1n) is 5.48.